The lowest BCUT2D eigenvalue weighted by atomic mass is 9.78. The second-order valence-corrected chi connectivity index (χ2v) is 9.81. The summed E-state index contributed by atoms with van der Waals surface area (Å²) in [6.45, 7) is 4.11. The minimum absolute atomic E-state index is 0.0186. The quantitative estimate of drug-likeness (QED) is 0.752. The summed E-state index contributed by atoms with van der Waals surface area (Å²) >= 11 is 0. The summed E-state index contributed by atoms with van der Waals surface area (Å²) in [5.41, 5.74) is 0.452. The van der Waals surface area contributed by atoms with Crippen LogP contribution in [0, 0.1) is 11.3 Å². The van der Waals surface area contributed by atoms with Gasteiger partial charge in [0.05, 0.1) is 11.2 Å². The molecule has 2 atom stereocenters. The summed E-state index contributed by atoms with van der Waals surface area (Å²) in [4.78, 5) is 33.1. The number of carbonyl (C=O) groups is 2. The number of nitrogens with zero attached hydrogens (tertiary/aromatic N) is 3. The Bertz CT molecular complexity index is 796. The average Bonchev–Trinajstić information content (AvgIpc) is 3.09. The van der Waals surface area contributed by atoms with E-state index in [2.05, 4.69) is 4.98 Å². The van der Waals surface area contributed by atoms with E-state index in [1.807, 2.05) is 24.0 Å². The molecule has 2 fully saturated rings. The zero-order valence-corrected chi connectivity index (χ0v) is 16.0. The van der Waals surface area contributed by atoms with E-state index in [4.69, 9.17) is 0 Å². The number of hydrogen-bond acceptors (Lipinski definition) is 5. The largest absolute Gasteiger partial charge is 0.341 e. The fourth-order valence-corrected chi connectivity index (χ4v) is 4.56. The Morgan fingerprint density at radius 3 is 2.85 bits per heavy atom. The third-order valence-corrected chi connectivity index (χ3v) is 6.53. The van der Waals surface area contributed by atoms with E-state index in [1.165, 1.54) is 0 Å². The topological polar surface area (TPSA) is 87.7 Å². The minimum atomic E-state index is -3.17. The van der Waals surface area contributed by atoms with Crippen LogP contribution in [0.15, 0.2) is 24.5 Å². The van der Waals surface area contributed by atoms with E-state index in [-0.39, 0.29) is 29.9 Å². The standard InChI is InChI=1S/C18H25N3O4S/c1-14-11-21(16(22)5-9-26(2,24)25)13-18(14)6-8-20(17(18)23)12-15-4-3-7-19-10-15/h3-4,7,10,14H,5-6,8-9,11-13H2,1-2H3/t14-,18-/m1/s1. The van der Waals surface area contributed by atoms with Gasteiger partial charge in [0.25, 0.3) is 0 Å². The molecule has 7 nitrogen and oxygen atoms in total. The van der Waals surface area contributed by atoms with Crippen LogP contribution < -0.4 is 0 Å². The molecule has 2 aliphatic heterocycles. The Morgan fingerprint density at radius 1 is 1.42 bits per heavy atom. The molecule has 0 aliphatic carbocycles. The van der Waals surface area contributed by atoms with Crippen LogP contribution >= 0.6 is 0 Å². The summed E-state index contributed by atoms with van der Waals surface area (Å²) in [6, 6.07) is 3.80. The Kier molecular flexibility index (Phi) is 5.05. The van der Waals surface area contributed by atoms with Gasteiger partial charge in [-0.05, 0) is 24.0 Å². The van der Waals surface area contributed by atoms with E-state index >= 15 is 0 Å². The van der Waals surface area contributed by atoms with E-state index in [9.17, 15) is 18.0 Å². The highest BCUT2D eigenvalue weighted by molar-refractivity contribution is 7.90. The van der Waals surface area contributed by atoms with Crippen LogP contribution in [0.4, 0.5) is 0 Å². The van der Waals surface area contributed by atoms with Gasteiger partial charge in [0.1, 0.15) is 9.84 Å². The second kappa shape index (κ2) is 6.98. The van der Waals surface area contributed by atoms with Gasteiger partial charge in [-0.15, -0.1) is 0 Å². The number of likely N-dealkylation sites (tertiary alicyclic amines) is 2. The summed E-state index contributed by atoms with van der Waals surface area (Å²) in [6.07, 6.45) is 5.30. The molecule has 2 saturated heterocycles. The van der Waals surface area contributed by atoms with Crippen molar-refractivity contribution in [3.63, 3.8) is 0 Å². The molecule has 1 aromatic rings. The SMILES string of the molecule is C[C@@H]1CN(C(=O)CCS(C)(=O)=O)C[C@]12CCN(Cc1cccnc1)C2=O. The number of amides is 2. The Labute approximate surface area is 154 Å². The Balaban J connectivity index is 1.67. The molecule has 0 aromatic carbocycles. The van der Waals surface area contributed by atoms with Crippen LogP contribution in [-0.4, -0.2) is 66.7 Å². The van der Waals surface area contributed by atoms with Crippen LogP contribution in [0.5, 0.6) is 0 Å². The highest BCUT2D eigenvalue weighted by Crippen LogP contribution is 2.45. The zero-order valence-electron chi connectivity index (χ0n) is 15.2. The molecule has 8 heteroatoms. The molecule has 26 heavy (non-hydrogen) atoms. The monoisotopic (exact) mass is 379 g/mol. The van der Waals surface area contributed by atoms with Crippen molar-refractivity contribution in [1.82, 2.24) is 14.8 Å². The Morgan fingerprint density at radius 2 is 2.19 bits per heavy atom. The van der Waals surface area contributed by atoms with Crippen molar-refractivity contribution in [2.75, 3.05) is 31.6 Å². The number of carbonyl (C=O) groups excluding carboxylic acids is 2. The molecule has 2 aliphatic rings. The van der Waals surface area contributed by atoms with E-state index in [0.29, 0.717) is 26.2 Å². The lowest BCUT2D eigenvalue weighted by Crippen LogP contribution is -2.40. The van der Waals surface area contributed by atoms with Gasteiger partial charge in [0.15, 0.2) is 0 Å². The first kappa shape index (κ1) is 18.8. The summed E-state index contributed by atoms with van der Waals surface area (Å²) in [5, 5.41) is 0. The predicted molar refractivity (Wildman–Crippen MR) is 96.8 cm³/mol. The fraction of sp³-hybridized carbons (Fsp3) is 0.611. The lowest BCUT2D eigenvalue weighted by molar-refractivity contribution is -0.138. The maximum absolute atomic E-state index is 13.1. The van der Waals surface area contributed by atoms with E-state index in [1.54, 1.807) is 17.3 Å². The molecule has 0 unspecified atom stereocenters. The van der Waals surface area contributed by atoms with Crippen molar-refractivity contribution >= 4 is 21.7 Å². The normalized spacial score (nSPS) is 26.1. The predicted octanol–water partition coefficient (Wildman–Crippen LogP) is 0.713. The lowest BCUT2D eigenvalue weighted by Gasteiger charge is -2.26. The van der Waals surface area contributed by atoms with Crippen molar-refractivity contribution in [2.24, 2.45) is 11.3 Å². The maximum atomic E-state index is 13.1. The number of aromatic nitrogens is 1. The van der Waals surface area contributed by atoms with Crippen molar-refractivity contribution in [3.8, 4) is 0 Å². The second-order valence-electron chi connectivity index (χ2n) is 7.55. The van der Waals surface area contributed by atoms with Gasteiger partial charge in [-0.3, -0.25) is 14.6 Å². The molecule has 3 heterocycles. The molecule has 2 amide bonds. The smallest absolute Gasteiger partial charge is 0.231 e. The molecule has 142 valence electrons. The number of rotatable bonds is 5. The van der Waals surface area contributed by atoms with Gasteiger partial charge in [-0.2, -0.15) is 0 Å². The van der Waals surface area contributed by atoms with Crippen molar-refractivity contribution in [1.29, 1.82) is 0 Å². The van der Waals surface area contributed by atoms with E-state index < -0.39 is 15.3 Å². The molecule has 1 spiro atoms. The first-order valence-electron chi connectivity index (χ1n) is 8.85. The van der Waals surface area contributed by atoms with Gasteiger partial charge in [0.2, 0.25) is 11.8 Å². The van der Waals surface area contributed by atoms with Gasteiger partial charge in [-0.25, -0.2) is 8.42 Å². The fourth-order valence-electron chi connectivity index (χ4n) is 4.01. The Hall–Kier alpha value is -1.96. The van der Waals surface area contributed by atoms with Crippen LogP contribution in [0.1, 0.15) is 25.3 Å². The van der Waals surface area contributed by atoms with Gasteiger partial charge in [-0.1, -0.05) is 13.0 Å². The third kappa shape index (κ3) is 3.75. The average molecular weight is 379 g/mol. The van der Waals surface area contributed by atoms with Crippen LogP contribution in [0.2, 0.25) is 0 Å². The molecule has 1 aromatic heterocycles. The molecule has 3 rings (SSSR count). The minimum Gasteiger partial charge on any atom is -0.341 e. The first-order chi connectivity index (χ1) is 12.2. The number of pyridine rings is 1. The highest BCUT2D eigenvalue weighted by Gasteiger charge is 2.55. The molecular weight excluding hydrogens is 354 g/mol. The van der Waals surface area contributed by atoms with Crippen LogP contribution in [0.3, 0.4) is 0 Å². The van der Waals surface area contributed by atoms with Crippen LogP contribution in [0.25, 0.3) is 0 Å². The molecule has 0 N–H and O–H groups in total. The van der Waals surface area contributed by atoms with Crippen molar-refractivity contribution in [2.45, 2.75) is 26.3 Å². The summed E-state index contributed by atoms with van der Waals surface area (Å²) < 4.78 is 22.6. The highest BCUT2D eigenvalue weighted by atomic mass is 32.2. The maximum Gasteiger partial charge on any atom is 0.231 e. The molecule has 0 saturated carbocycles. The zero-order chi connectivity index (χ0) is 18.9. The third-order valence-electron chi connectivity index (χ3n) is 5.59. The van der Waals surface area contributed by atoms with Gasteiger partial charge in [0, 0.05) is 51.2 Å². The molecule has 0 bridgehead atoms. The number of hydrogen-bond donors (Lipinski definition) is 0. The molecule has 0 radical (unpaired) electrons. The summed E-state index contributed by atoms with van der Waals surface area (Å²) in [7, 11) is -3.17. The van der Waals surface area contributed by atoms with Crippen molar-refractivity contribution < 1.29 is 18.0 Å². The van der Waals surface area contributed by atoms with Crippen LogP contribution in [-0.2, 0) is 26.0 Å². The number of sulfone groups is 1. The van der Waals surface area contributed by atoms with E-state index in [0.717, 1.165) is 18.2 Å². The summed E-state index contributed by atoms with van der Waals surface area (Å²) in [5.74, 6) is -0.175. The molecular formula is C18H25N3O4S. The first-order valence-corrected chi connectivity index (χ1v) is 10.9. The van der Waals surface area contributed by atoms with Gasteiger partial charge < -0.3 is 9.80 Å². The van der Waals surface area contributed by atoms with Gasteiger partial charge >= 0.3 is 0 Å². The van der Waals surface area contributed by atoms with Crippen molar-refractivity contribution in [3.05, 3.63) is 30.1 Å².